The fourth-order valence-corrected chi connectivity index (χ4v) is 3.62. The molecule has 2 aromatic carbocycles. The summed E-state index contributed by atoms with van der Waals surface area (Å²) in [7, 11) is 1.88. The lowest BCUT2D eigenvalue weighted by Gasteiger charge is -2.28. The van der Waals surface area contributed by atoms with Gasteiger partial charge in [-0.2, -0.15) is 0 Å². The number of benzene rings is 2. The first kappa shape index (κ1) is 19.1. The van der Waals surface area contributed by atoms with Crippen LogP contribution in [0.15, 0.2) is 72.6 Å². The van der Waals surface area contributed by atoms with Crippen molar-refractivity contribution in [1.82, 2.24) is 9.80 Å². The van der Waals surface area contributed by atoms with Crippen molar-refractivity contribution in [3.05, 3.63) is 83.7 Å². The second kappa shape index (κ2) is 8.43. The van der Waals surface area contributed by atoms with Gasteiger partial charge in [0.25, 0.3) is 5.91 Å². The van der Waals surface area contributed by atoms with Crippen LogP contribution in [0, 0.1) is 0 Å². The Labute approximate surface area is 171 Å². The molecule has 4 rings (SSSR count). The molecule has 0 N–H and O–H groups in total. The highest BCUT2D eigenvalue weighted by molar-refractivity contribution is 5.93. The molecule has 29 heavy (non-hydrogen) atoms. The molecule has 0 saturated carbocycles. The van der Waals surface area contributed by atoms with Crippen LogP contribution in [0.3, 0.4) is 0 Å². The van der Waals surface area contributed by atoms with Crippen LogP contribution >= 0.6 is 0 Å². The molecular formula is C24H26N2O3. The molecule has 1 unspecified atom stereocenters. The van der Waals surface area contributed by atoms with Crippen LogP contribution in [-0.4, -0.2) is 35.6 Å². The number of carbonyl (C=O) groups is 1. The van der Waals surface area contributed by atoms with Gasteiger partial charge < -0.3 is 19.3 Å². The lowest BCUT2D eigenvalue weighted by Crippen LogP contribution is -2.38. The van der Waals surface area contributed by atoms with Gasteiger partial charge in [-0.3, -0.25) is 4.79 Å². The summed E-state index contributed by atoms with van der Waals surface area (Å²) in [4.78, 5) is 17.0. The topological polar surface area (TPSA) is 42.0 Å². The van der Waals surface area contributed by atoms with Crippen LogP contribution in [0.4, 0.5) is 0 Å². The van der Waals surface area contributed by atoms with E-state index in [9.17, 15) is 4.79 Å². The molecule has 1 amide bonds. The quantitative estimate of drug-likeness (QED) is 0.745. The Morgan fingerprint density at radius 3 is 2.72 bits per heavy atom. The molecule has 0 bridgehead atoms. The Kier molecular flexibility index (Phi) is 5.56. The Morgan fingerprint density at radius 2 is 1.90 bits per heavy atom. The number of hydrogen-bond acceptors (Lipinski definition) is 4. The van der Waals surface area contributed by atoms with Crippen LogP contribution in [-0.2, 0) is 17.8 Å². The Hall–Kier alpha value is -3.21. The lowest BCUT2D eigenvalue weighted by molar-refractivity contribution is -0.127. The molecule has 0 aliphatic carbocycles. The van der Waals surface area contributed by atoms with E-state index in [0.717, 1.165) is 35.6 Å². The van der Waals surface area contributed by atoms with Crippen molar-refractivity contribution in [3.63, 3.8) is 0 Å². The van der Waals surface area contributed by atoms with Gasteiger partial charge in [0.05, 0.1) is 0 Å². The normalized spacial score (nSPS) is 15.8. The zero-order valence-corrected chi connectivity index (χ0v) is 16.9. The summed E-state index contributed by atoms with van der Waals surface area (Å²) in [5.74, 6) is 1.63. The smallest absolute Gasteiger partial charge is 0.251 e. The third-order valence-corrected chi connectivity index (χ3v) is 5.39. The van der Waals surface area contributed by atoms with Gasteiger partial charge in [-0.25, -0.2) is 0 Å². The maximum absolute atomic E-state index is 13.1. The van der Waals surface area contributed by atoms with Crippen molar-refractivity contribution in [2.75, 3.05) is 13.8 Å². The van der Waals surface area contributed by atoms with Gasteiger partial charge in [0.1, 0.15) is 0 Å². The molecule has 2 heterocycles. The van der Waals surface area contributed by atoms with E-state index in [1.165, 1.54) is 5.56 Å². The number of nitrogens with zero attached hydrogens (tertiary/aromatic N) is 2. The molecule has 2 aromatic rings. The summed E-state index contributed by atoms with van der Waals surface area (Å²) in [6, 6.07) is 16.3. The third-order valence-electron chi connectivity index (χ3n) is 5.39. The first-order valence-corrected chi connectivity index (χ1v) is 9.93. The zero-order chi connectivity index (χ0) is 20.2. The maximum Gasteiger partial charge on any atom is 0.251 e. The predicted molar refractivity (Wildman–Crippen MR) is 112 cm³/mol. The molecule has 2 aliphatic heterocycles. The molecule has 1 atom stereocenters. The van der Waals surface area contributed by atoms with Crippen molar-refractivity contribution < 1.29 is 14.3 Å². The SMILES string of the molecule is CC(Cc1ccc2c(c1)OCO2)N(C)C(=O)C1=CN(Cc2ccccc2)C=CC1. The van der Waals surface area contributed by atoms with Crippen LogP contribution in [0.5, 0.6) is 11.5 Å². The molecule has 0 fully saturated rings. The van der Waals surface area contributed by atoms with Crippen LogP contribution in [0.1, 0.15) is 24.5 Å². The second-order valence-corrected chi connectivity index (χ2v) is 7.56. The van der Waals surface area contributed by atoms with Crippen molar-refractivity contribution in [2.45, 2.75) is 32.4 Å². The van der Waals surface area contributed by atoms with Gasteiger partial charge in [-0.15, -0.1) is 0 Å². The number of ether oxygens (including phenoxy) is 2. The molecule has 150 valence electrons. The van der Waals surface area contributed by atoms with E-state index in [0.29, 0.717) is 6.42 Å². The number of allylic oxidation sites excluding steroid dienone is 1. The zero-order valence-electron chi connectivity index (χ0n) is 16.9. The first-order chi connectivity index (χ1) is 14.1. The van der Waals surface area contributed by atoms with E-state index in [1.54, 1.807) is 0 Å². The largest absolute Gasteiger partial charge is 0.454 e. The highest BCUT2D eigenvalue weighted by Gasteiger charge is 2.22. The van der Waals surface area contributed by atoms with Gasteiger partial charge in [-0.1, -0.05) is 42.5 Å². The van der Waals surface area contributed by atoms with Gasteiger partial charge >= 0.3 is 0 Å². The van der Waals surface area contributed by atoms with Crippen molar-refractivity contribution in [3.8, 4) is 11.5 Å². The molecule has 5 nitrogen and oxygen atoms in total. The highest BCUT2D eigenvalue weighted by atomic mass is 16.7. The van der Waals surface area contributed by atoms with Gasteiger partial charge in [0, 0.05) is 37.6 Å². The van der Waals surface area contributed by atoms with Gasteiger partial charge in [-0.05, 0) is 43.0 Å². The summed E-state index contributed by atoms with van der Waals surface area (Å²) in [5.41, 5.74) is 3.15. The summed E-state index contributed by atoms with van der Waals surface area (Å²) >= 11 is 0. The fraction of sp³-hybridized carbons (Fsp3) is 0.292. The molecular weight excluding hydrogens is 364 g/mol. The predicted octanol–water partition coefficient (Wildman–Crippen LogP) is 4.11. The Balaban J connectivity index is 1.39. The van der Waals surface area contributed by atoms with E-state index in [2.05, 4.69) is 24.0 Å². The van der Waals surface area contributed by atoms with Crippen LogP contribution < -0.4 is 9.47 Å². The number of hydrogen-bond donors (Lipinski definition) is 0. The van der Waals surface area contributed by atoms with Gasteiger partial charge in [0.2, 0.25) is 6.79 Å². The first-order valence-electron chi connectivity index (χ1n) is 9.93. The minimum atomic E-state index is 0.0669. The Morgan fingerprint density at radius 1 is 1.10 bits per heavy atom. The molecule has 0 spiro atoms. The summed E-state index contributed by atoms with van der Waals surface area (Å²) in [5, 5.41) is 0. The second-order valence-electron chi connectivity index (χ2n) is 7.56. The average molecular weight is 390 g/mol. The van der Waals surface area contributed by atoms with E-state index in [-0.39, 0.29) is 18.7 Å². The van der Waals surface area contributed by atoms with E-state index < -0.39 is 0 Å². The average Bonchev–Trinajstić information content (AvgIpc) is 3.21. The number of fused-ring (bicyclic) bond motifs is 1. The van der Waals surface area contributed by atoms with Gasteiger partial charge in [0.15, 0.2) is 11.5 Å². The number of rotatable bonds is 6. The molecule has 0 saturated heterocycles. The number of carbonyl (C=O) groups excluding carboxylic acids is 1. The highest BCUT2D eigenvalue weighted by Crippen LogP contribution is 2.33. The third kappa shape index (κ3) is 4.45. The monoisotopic (exact) mass is 390 g/mol. The summed E-state index contributed by atoms with van der Waals surface area (Å²) < 4.78 is 10.8. The number of amides is 1. The molecule has 0 radical (unpaired) electrons. The maximum atomic E-state index is 13.1. The van der Waals surface area contributed by atoms with Crippen molar-refractivity contribution in [1.29, 1.82) is 0 Å². The molecule has 0 aromatic heterocycles. The van der Waals surface area contributed by atoms with Crippen LogP contribution in [0.25, 0.3) is 0 Å². The standard InChI is InChI=1S/C24H26N2O3/c1-18(13-20-10-11-22-23(14-20)29-17-28-22)25(2)24(27)21-9-6-12-26(16-21)15-19-7-4-3-5-8-19/h3-8,10-12,14,16,18H,9,13,15,17H2,1-2H3. The van der Waals surface area contributed by atoms with Crippen molar-refractivity contribution >= 4 is 5.91 Å². The van der Waals surface area contributed by atoms with E-state index in [4.69, 9.17) is 9.47 Å². The van der Waals surface area contributed by atoms with Crippen LogP contribution in [0.2, 0.25) is 0 Å². The minimum absolute atomic E-state index is 0.0669. The lowest BCUT2D eigenvalue weighted by atomic mass is 10.0. The summed E-state index contributed by atoms with van der Waals surface area (Å²) in [6.45, 7) is 3.10. The number of likely N-dealkylation sites (N-methyl/N-ethyl adjacent to an activating group) is 1. The molecule has 5 heteroatoms. The summed E-state index contributed by atoms with van der Waals surface area (Å²) in [6.07, 6.45) is 7.48. The minimum Gasteiger partial charge on any atom is -0.454 e. The molecule has 2 aliphatic rings. The van der Waals surface area contributed by atoms with E-state index in [1.807, 2.05) is 66.8 Å². The Bertz CT molecular complexity index is 936. The fourth-order valence-electron chi connectivity index (χ4n) is 3.62. The van der Waals surface area contributed by atoms with E-state index >= 15 is 0 Å². The van der Waals surface area contributed by atoms with Crippen molar-refractivity contribution in [2.24, 2.45) is 0 Å².